The van der Waals surface area contributed by atoms with Crippen LogP contribution in [0.2, 0.25) is 0 Å². The Balaban J connectivity index is 1.59. The molecule has 0 fully saturated rings. The van der Waals surface area contributed by atoms with Gasteiger partial charge in [-0.3, -0.25) is 9.59 Å². The van der Waals surface area contributed by atoms with Crippen molar-refractivity contribution in [3.63, 3.8) is 0 Å². The molecule has 0 saturated heterocycles. The fraction of sp³-hybridized carbons (Fsp3) is 0.300. The number of carbonyl (C=O) groups is 2. The summed E-state index contributed by atoms with van der Waals surface area (Å²) in [5.41, 5.74) is 1.06. The summed E-state index contributed by atoms with van der Waals surface area (Å²) in [6, 6.07) is 12.3. The molecule has 0 bridgehead atoms. The molecule has 3 rings (SSSR count). The first-order valence-electron chi connectivity index (χ1n) is 8.83. The Bertz CT molecular complexity index is 837. The summed E-state index contributed by atoms with van der Waals surface area (Å²) < 4.78 is 16.7. The van der Waals surface area contributed by atoms with E-state index in [-0.39, 0.29) is 18.4 Å². The minimum Gasteiger partial charge on any atom is -0.490 e. The average molecular weight is 370 g/mol. The zero-order valence-corrected chi connectivity index (χ0v) is 15.3. The summed E-state index contributed by atoms with van der Waals surface area (Å²) in [7, 11) is 0. The number of benzene rings is 2. The Morgan fingerprint density at radius 1 is 1.19 bits per heavy atom. The number of anilines is 2. The van der Waals surface area contributed by atoms with Gasteiger partial charge < -0.3 is 24.8 Å². The third-order valence-corrected chi connectivity index (χ3v) is 3.86. The maximum absolute atomic E-state index is 12.2. The van der Waals surface area contributed by atoms with Crippen molar-refractivity contribution in [2.75, 3.05) is 23.8 Å². The van der Waals surface area contributed by atoms with E-state index in [1.165, 1.54) is 0 Å². The molecule has 7 heteroatoms. The fourth-order valence-corrected chi connectivity index (χ4v) is 2.53. The Morgan fingerprint density at radius 2 is 1.93 bits per heavy atom. The SMILES string of the molecule is CCCOc1ccccc1OCC(=O)Nc1ccc2c(c1)NC(=O)[C@H](C)O2. The summed E-state index contributed by atoms with van der Waals surface area (Å²) in [6.07, 6.45) is 0.341. The van der Waals surface area contributed by atoms with Gasteiger partial charge in [0.25, 0.3) is 11.8 Å². The lowest BCUT2D eigenvalue weighted by atomic mass is 10.2. The quantitative estimate of drug-likeness (QED) is 0.782. The van der Waals surface area contributed by atoms with Crippen molar-refractivity contribution in [2.45, 2.75) is 26.4 Å². The van der Waals surface area contributed by atoms with Crippen molar-refractivity contribution in [2.24, 2.45) is 0 Å². The Morgan fingerprint density at radius 3 is 2.67 bits per heavy atom. The Kier molecular flexibility index (Phi) is 5.80. The number of hydrogen-bond donors (Lipinski definition) is 2. The van der Waals surface area contributed by atoms with Crippen LogP contribution in [-0.2, 0) is 9.59 Å². The highest BCUT2D eigenvalue weighted by Gasteiger charge is 2.23. The van der Waals surface area contributed by atoms with Gasteiger partial charge in [-0.05, 0) is 43.7 Å². The van der Waals surface area contributed by atoms with Crippen LogP contribution >= 0.6 is 0 Å². The molecule has 7 nitrogen and oxygen atoms in total. The third-order valence-electron chi connectivity index (χ3n) is 3.86. The number of para-hydroxylation sites is 2. The molecule has 1 heterocycles. The Labute approximate surface area is 157 Å². The predicted molar refractivity (Wildman–Crippen MR) is 102 cm³/mol. The zero-order chi connectivity index (χ0) is 19.2. The van der Waals surface area contributed by atoms with Gasteiger partial charge in [-0.2, -0.15) is 0 Å². The van der Waals surface area contributed by atoms with E-state index < -0.39 is 6.10 Å². The highest BCUT2D eigenvalue weighted by molar-refractivity contribution is 5.99. The van der Waals surface area contributed by atoms with Crippen molar-refractivity contribution in [1.29, 1.82) is 0 Å². The fourth-order valence-electron chi connectivity index (χ4n) is 2.53. The molecule has 2 N–H and O–H groups in total. The molecule has 2 amide bonds. The highest BCUT2D eigenvalue weighted by atomic mass is 16.5. The number of fused-ring (bicyclic) bond motifs is 1. The number of carbonyl (C=O) groups excluding carboxylic acids is 2. The smallest absolute Gasteiger partial charge is 0.265 e. The van der Waals surface area contributed by atoms with Crippen LogP contribution in [0.4, 0.5) is 11.4 Å². The molecule has 2 aromatic rings. The molecule has 0 spiro atoms. The van der Waals surface area contributed by atoms with E-state index in [4.69, 9.17) is 14.2 Å². The first-order valence-corrected chi connectivity index (χ1v) is 8.83. The normalized spacial score (nSPS) is 15.2. The lowest BCUT2D eigenvalue weighted by Gasteiger charge is -2.23. The van der Waals surface area contributed by atoms with Crippen molar-refractivity contribution < 1.29 is 23.8 Å². The molecule has 1 aliphatic rings. The van der Waals surface area contributed by atoms with E-state index >= 15 is 0 Å². The van der Waals surface area contributed by atoms with Crippen LogP contribution in [0.1, 0.15) is 20.3 Å². The van der Waals surface area contributed by atoms with Crippen LogP contribution in [0.25, 0.3) is 0 Å². The van der Waals surface area contributed by atoms with E-state index in [1.54, 1.807) is 37.3 Å². The predicted octanol–water partition coefficient (Wildman–Crippen LogP) is 3.21. The van der Waals surface area contributed by atoms with Crippen molar-refractivity contribution in [3.8, 4) is 17.2 Å². The van der Waals surface area contributed by atoms with Crippen LogP contribution in [0.5, 0.6) is 17.2 Å². The van der Waals surface area contributed by atoms with E-state index in [0.717, 1.165) is 6.42 Å². The number of rotatable bonds is 7. The van der Waals surface area contributed by atoms with E-state index in [0.29, 0.717) is 35.2 Å². The zero-order valence-electron chi connectivity index (χ0n) is 15.3. The summed E-state index contributed by atoms with van der Waals surface area (Å²) in [5.74, 6) is 1.14. The van der Waals surface area contributed by atoms with Gasteiger partial charge in [-0.1, -0.05) is 19.1 Å². The minimum absolute atomic E-state index is 0.163. The molecule has 142 valence electrons. The summed E-state index contributed by atoms with van der Waals surface area (Å²) in [6.45, 7) is 4.11. The molecule has 0 aromatic heterocycles. The van der Waals surface area contributed by atoms with Crippen LogP contribution < -0.4 is 24.8 Å². The van der Waals surface area contributed by atoms with Gasteiger partial charge >= 0.3 is 0 Å². The van der Waals surface area contributed by atoms with E-state index in [2.05, 4.69) is 10.6 Å². The summed E-state index contributed by atoms with van der Waals surface area (Å²) >= 11 is 0. The molecule has 0 radical (unpaired) electrons. The van der Waals surface area contributed by atoms with Gasteiger partial charge in [-0.25, -0.2) is 0 Å². The van der Waals surface area contributed by atoms with Crippen LogP contribution in [0.15, 0.2) is 42.5 Å². The molecule has 0 unspecified atom stereocenters. The van der Waals surface area contributed by atoms with Crippen molar-refractivity contribution >= 4 is 23.2 Å². The highest BCUT2D eigenvalue weighted by Crippen LogP contribution is 2.32. The second-order valence-electron chi connectivity index (χ2n) is 6.09. The maximum Gasteiger partial charge on any atom is 0.265 e. The second-order valence-corrected chi connectivity index (χ2v) is 6.09. The van der Waals surface area contributed by atoms with Crippen molar-refractivity contribution in [3.05, 3.63) is 42.5 Å². The summed E-state index contributed by atoms with van der Waals surface area (Å²) in [5, 5.41) is 5.48. The summed E-state index contributed by atoms with van der Waals surface area (Å²) in [4.78, 5) is 23.9. The van der Waals surface area contributed by atoms with Gasteiger partial charge in [0.05, 0.1) is 12.3 Å². The molecule has 0 aliphatic carbocycles. The molecule has 27 heavy (non-hydrogen) atoms. The lowest BCUT2D eigenvalue weighted by molar-refractivity contribution is -0.122. The number of amides is 2. The van der Waals surface area contributed by atoms with Crippen molar-refractivity contribution in [1.82, 2.24) is 0 Å². The third kappa shape index (κ3) is 4.69. The average Bonchev–Trinajstić information content (AvgIpc) is 2.66. The van der Waals surface area contributed by atoms with Gasteiger partial charge in [-0.15, -0.1) is 0 Å². The largest absolute Gasteiger partial charge is 0.490 e. The molecule has 1 aliphatic heterocycles. The maximum atomic E-state index is 12.2. The second kappa shape index (κ2) is 8.44. The molecule has 0 saturated carbocycles. The monoisotopic (exact) mass is 370 g/mol. The van der Waals surface area contributed by atoms with Gasteiger partial charge in [0.1, 0.15) is 5.75 Å². The van der Waals surface area contributed by atoms with Gasteiger partial charge in [0.2, 0.25) is 0 Å². The first-order chi connectivity index (χ1) is 13.1. The first kappa shape index (κ1) is 18.6. The minimum atomic E-state index is -0.540. The van der Waals surface area contributed by atoms with Crippen LogP contribution in [0, 0.1) is 0 Å². The lowest BCUT2D eigenvalue weighted by Crippen LogP contribution is -2.34. The molecule has 1 atom stereocenters. The topological polar surface area (TPSA) is 85.9 Å². The molecule has 2 aromatic carbocycles. The number of hydrogen-bond acceptors (Lipinski definition) is 5. The van der Waals surface area contributed by atoms with Gasteiger partial charge in [0.15, 0.2) is 24.2 Å². The molecular weight excluding hydrogens is 348 g/mol. The van der Waals surface area contributed by atoms with Gasteiger partial charge in [0, 0.05) is 5.69 Å². The van der Waals surface area contributed by atoms with E-state index in [1.807, 2.05) is 19.1 Å². The number of nitrogens with one attached hydrogen (secondary N) is 2. The standard InChI is InChI=1S/C20H22N2O5/c1-3-10-25-17-6-4-5-7-18(17)26-12-19(23)21-14-8-9-16-15(11-14)22-20(24)13(2)27-16/h4-9,11,13H,3,10,12H2,1-2H3,(H,21,23)(H,22,24)/t13-/m0/s1. The van der Waals surface area contributed by atoms with Crippen LogP contribution in [0.3, 0.4) is 0 Å². The van der Waals surface area contributed by atoms with Crippen LogP contribution in [-0.4, -0.2) is 31.1 Å². The number of ether oxygens (including phenoxy) is 3. The Hall–Kier alpha value is -3.22. The molecular formula is C20H22N2O5. The van der Waals surface area contributed by atoms with E-state index in [9.17, 15) is 9.59 Å².